The molecule has 1 saturated heterocycles. The molecule has 0 aliphatic carbocycles. The summed E-state index contributed by atoms with van der Waals surface area (Å²) in [5, 5.41) is 2.58. The van der Waals surface area contributed by atoms with Crippen LogP contribution < -0.4 is 21.5 Å². The minimum atomic E-state index is -4.56. The van der Waals surface area contributed by atoms with Crippen molar-refractivity contribution in [1.82, 2.24) is 18.7 Å². The molecule has 1 aliphatic heterocycles. The van der Waals surface area contributed by atoms with E-state index in [0.717, 1.165) is 36.0 Å². The van der Waals surface area contributed by atoms with Crippen molar-refractivity contribution in [2.24, 2.45) is 14.1 Å². The highest BCUT2D eigenvalue weighted by molar-refractivity contribution is 5.95. The molecular formula is C21H23F3N6O3. The molecule has 1 aliphatic rings. The van der Waals surface area contributed by atoms with Crippen molar-refractivity contribution in [3.05, 3.63) is 50.9 Å². The van der Waals surface area contributed by atoms with Gasteiger partial charge in [-0.25, -0.2) is 9.78 Å². The van der Waals surface area contributed by atoms with Crippen LogP contribution in [0.3, 0.4) is 0 Å². The number of nitrogens with one attached hydrogen (secondary N) is 1. The van der Waals surface area contributed by atoms with Crippen molar-refractivity contribution in [2.75, 3.05) is 23.3 Å². The van der Waals surface area contributed by atoms with Crippen molar-refractivity contribution in [3.8, 4) is 0 Å². The number of imidazole rings is 1. The maximum Gasteiger partial charge on any atom is 0.416 e. The zero-order valence-corrected chi connectivity index (χ0v) is 18.1. The van der Waals surface area contributed by atoms with Crippen LogP contribution in [0.1, 0.15) is 24.8 Å². The molecule has 12 heteroatoms. The Hall–Kier alpha value is -3.57. The van der Waals surface area contributed by atoms with Crippen LogP contribution in [0, 0.1) is 0 Å². The largest absolute Gasteiger partial charge is 0.416 e. The quantitative estimate of drug-likeness (QED) is 0.638. The molecule has 0 saturated carbocycles. The highest BCUT2D eigenvalue weighted by Gasteiger charge is 2.32. The zero-order chi connectivity index (χ0) is 23.9. The Morgan fingerprint density at radius 1 is 1.09 bits per heavy atom. The highest BCUT2D eigenvalue weighted by atomic mass is 19.4. The number of hydrogen-bond donors (Lipinski definition) is 1. The van der Waals surface area contributed by atoms with Crippen molar-refractivity contribution >= 4 is 28.4 Å². The van der Waals surface area contributed by atoms with Gasteiger partial charge in [-0.05, 0) is 37.5 Å². The molecule has 33 heavy (non-hydrogen) atoms. The van der Waals surface area contributed by atoms with E-state index in [1.54, 1.807) is 0 Å². The summed E-state index contributed by atoms with van der Waals surface area (Å²) in [7, 11) is 2.77. The van der Waals surface area contributed by atoms with Crippen LogP contribution in [0.5, 0.6) is 0 Å². The Morgan fingerprint density at radius 2 is 1.79 bits per heavy atom. The van der Waals surface area contributed by atoms with E-state index in [0.29, 0.717) is 18.8 Å². The second-order valence-corrected chi connectivity index (χ2v) is 8.08. The van der Waals surface area contributed by atoms with Gasteiger partial charge in [-0.15, -0.1) is 0 Å². The van der Waals surface area contributed by atoms with Gasteiger partial charge in [-0.1, -0.05) is 0 Å². The van der Waals surface area contributed by atoms with E-state index in [1.807, 2.05) is 4.90 Å². The number of rotatable bonds is 4. The summed E-state index contributed by atoms with van der Waals surface area (Å²) < 4.78 is 43.3. The number of aromatic nitrogens is 4. The maximum atomic E-state index is 13.3. The summed E-state index contributed by atoms with van der Waals surface area (Å²) in [6.07, 6.45) is -0.431. The molecule has 1 aromatic carbocycles. The fraction of sp³-hybridized carbons (Fsp3) is 0.429. The summed E-state index contributed by atoms with van der Waals surface area (Å²) in [5.41, 5.74) is -1.30. The van der Waals surface area contributed by atoms with Gasteiger partial charge in [0.05, 0.1) is 23.3 Å². The van der Waals surface area contributed by atoms with E-state index in [4.69, 9.17) is 0 Å². The van der Waals surface area contributed by atoms with Crippen LogP contribution in [0.4, 0.5) is 24.5 Å². The molecule has 0 radical (unpaired) electrons. The molecule has 1 fully saturated rings. The van der Waals surface area contributed by atoms with E-state index in [2.05, 4.69) is 10.3 Å². The Balaban J connectivity index is 1.67. The molecule has 0 spiro atoms. The van der Waals surface area contributed by atoms with Crippen molar-refractivity contribution in [2.45, 2.75) is 32.0 Å². The first-order chi connectivity index (χ1) is 15.6. The number of alkyl halides is 3. The van der Waals surface area contributed by atoms with Gasteiger partial charge in [0, 0.05) is 27.2 Å². The lowest BCUT2D eigenvalue weighted by atomic mass is 10.1. The molecule has 176 valence electrons. The second-order valence-electron chi connectivity index (χ2n) is 8.08. The maximum absolute atomic E-state index is 13.3. The smallest absolute Gasteiger partial charge is 0.370 e. The van der Waals surface area contributed by atoms with Gasteiger partial charge in [0.15, 0.2) is 11.2 Å². The molecular weight excluding hydrogens is 441 g/mol. The highest BCUT2D eigenvalue weighted by Crippen LogP contribution is 2.36. The number of carbonyl (C=O) groups is 1. The van der Waals surface area contributed by atoms with Crippen LogP contribution in [0.2, 0.25) is 0 Å². The van der Waals surface area contributed by atoms with Gasteiger partial charge in [0.1, 0.15) is 6.54 Å². The van der Waals surface area contributed by atoms with Gasteiger partial charge in [0.25, 0.3) is 5.56 Å². The fourth-order valence-corrected chi connectivity index (χ4v) is 4.08. The van der Waals surface area contributed by atoms with Crippen molar-refractivity contribution < 1.29 is 18.0 Å². The first-order valence-corrected chi connectivity index (χ1v) is 10.4. The predicted octanol–water partition coefficient (Wildman–Crippen LogP) is 2.08. The Morgan fingerprint density at radius 3 is 2.45 bits per heavy atom. The normalized spacial score (nSPS) is 14.6. The SMILES string of the molecule is Cn1c(=O)c2c(ncn2CC(=O)Nc2cc(C(F)(F)F)ccc2N2CCCCC2)n(C)c1=O. The predicted molar refractivity (Wildman–Crippen MR) is 116 cm³/mol. The summed E-state index contributed by atoms with van der Waals surface area (Å²) >= 11 is 0. The lowest BCUT2D eigenvalue weighted by Gasteiger charge is -2.31. The average molecular weight is 464 g/mol. The van der Waals surface area contributed by atoms with Gasteiger partial charge in [-0.2, -0.15) is 13.2 Å². The number of anilines is 2. The molecule has 0 bridgehead atoms. The topological polar surface area (TPSA) is 94.2 Å². The van der Waals surface area contributed by atoms with Gasteiger partial charge >= 0.3 is 11.9 Å². The van der Waals surface area contributed by atoms with E-state index < -0.39 is 28.9 Å². The number of halogens is 3. The average Bonchev–Trinajstić information content (AvgIpc) is 3.19. The fourth-order valence-electron chi connectivity index (χ4n) is 4.08. The standard InChI is InChI=1S/C21H23F3N6O3/c1-27-18-17(19(32)28(2)20(27)33)30(12-25-18)11-16(31)26-14-10-13(21(22,23)24)6-7-15(14)29-8-4-3-5-9-29/h6-7,10,12H,3-5,8-9,11H2,1-2H3,(H,26,31). The molecule has 1 N–H and O–H groups in total. The number of amides is 1. The molecule has 9 nitrogen and oxygen atoms in total. The van der Waals surface area contributed by atoms with Crippen molar-refractivity contribution in [3.63, 3.8) is 0 Å². The Labute approximate surface area is 186 Å². The number of aryl methyl sites for hydroxylation is 1. The van der Waals surface area contributed by atoms with Crippen LogP contribution >= 0.6 is 0 Å². The second kappa shape index (κ2) is 8.41. The molecule has 3 heterocycles. The molecule has 2 aromatic heterocycles. The number of hydrogen-bond acceptors (Lipinski definition) is 5. The Kier molecular flexibility index (Phi) is 5.76. The molecule has 0 unspecified atom stereocenters. The summed E-state index contributed by atoms with van der Waals surface area (Å²) in [6.45, 7) is 1.01. The third-order valence-corrected chi connectivity index (χ3v) is 5.83. The van der Waals surface area contributed by atoms with Gasteiger partial charge in [-0.3, -0.25) is 18.7 Å². The lowest BCUT2D eigenvalue weighted by Crippen LogP contribution is -2.37. The third kappa shape index (κ3) is 4.24. The van der Waals surface area contributed by atoms with Gasteiger partial charge in [0.2, 0.25) is 5.91 Å². The number of benzene rings is 1. The monoisotopic (exact) mass is 464 g/mol. The number of carbonyl (C=O) groups excluding carboxylic acids is 1. The number of fused-ring (bicyclic) bond motifs is 1. The molecule has 0 atom stereocenters. The third-order valence-electron chi connectivity index (χ3n) is 5.83. The lowest BCUT2D eigenvalue weighted by molar-refractivity contribution is -0.137. The van der Waals surface area contributed by atoms with Crippen LogP contribution in [-0.4, -0.2) is 37.7 Å². The minimum Gasteiger partial charge on any atom is -0.370 e. The molecule has 4 rings (SSSR count). The van der Waals surface area contributed by atoms with E-state index >= 15 is 0 Å². The van der Waals surface area contributed by atoms with Crippen molar-refractivity contribution in [1.29, 1.82) is 0 Å². The Bertz CT molecular complexity index is 1330. The van der Waals surface area contributed by atoms with Crippen LogP contribution in [0.15, 0.2) is 34.1 Å². The zero-order valence-electron chi connectivity index (χ0n) is 18.1. The van der Waals surface area contributed by atoms with E-state index in [9.17, 15) is 27.6 Å². The van der Waals surface area contributed by atoms with Crippen LogP contribution in [0.25, 0.3) is 11.2 Å². The summed E-state index contributed by atoms with van der Waals surface area (Å²) in [5.74, 6) is -0.622. The first kappa shape index (κ1) is 22.6. The first-order valence-electron chi connectivity index (χ1n) is 10.4. The van der Waals surface area contributed by atoms with Gasteiger partial charge < -0.3 is 14.8 Å². The number of piperidine rings is 1. The molecule has 3 aromatic rings. The summed E-state index contributed by atoms with van der Waals surface area (Å²) in [6, 6.07) is 3.31. The van der Waals surface area contributed by atoms with E-state index in [-0.39, 0.29) is 23.4 Å². The molecule has 1 amide bonds. The summed E-state index contributed by atoms with van der Waals surface area (Å²) in [4.78, 5) is 43.5. The van der Waals surface area contributed by atoms with Crippen LogP contribution in [-0.2, 0) is 31.6 Å². The minimum absolute atomic E-state index is 0.0510. The number of nitrogens with zero attached hydrogens (tertiary/aromatic N) is 5. The van der Waals surface area contributed by atoms with E-state index in [1.165, 1.54) is 35.6 Å².